The molecule has 0 saturated carbocycles. The van der Waals surface area contributed by atoms with Crippen molar-refractivity contribution in [2.45, 2.75) is 6.10 Å². The number of halogens is 1. The fourth-order valence-electron chi connectivity index (χ4n) is 1.90. The van der Waals surface area contributed by atoms with Gasteiger partial charge in [-0.05, 0) is 25.2 Å². The van der Waals surface area contributed by atoms with Crippen LogP contribution in [0.3, 0.4) is 0 Å². The molecule has 0 heterocycles. The predicted octanol–water partition coefficient (Wildman–Crippen LogP) is 0.956. The average Bonchev–Trinajstić information content (AvgIpc) is 2.38. The standard InChI is InChI=1S/C14H20FNO4/c1-16(7-11(17)9-19-2)8-13(18)12-6-10(15)4-5-14(12)20-3/h4-6,11,17H,7-9H2,1-3H3. The van der Waals surface area contributed by atoms with E-state index in [1.54, 1.807) is 11.9 Å². The van der Waals surface area contributed by atoms with Crippen LogP contribution in [0.5, 0.6) is 5.75 Å². The molecule has 0 amide bonds. The van der Waals surface area contributed by atoms with Crippen molar-refractivity contribution in [1.29, 1.82) is 0 Å². The number of hydrogen-bond acceptors (Lipinski definition) is 5. The van der Waals surface area contributed by atoms with E-state index in [1.807, 2.05) is 0 Å². The van der Waals surface area contributed by atoms with Crippen LogP contribution >= 0.6 is 0 Å². The van der Waals surface area contributed by atoms with Gasteiger partial charge in [0.2, 0.25) is 0 Å². The van der Waals surface area contributed by atoms with E-state index < -0.39 is 11.9 Å². The van der Waals surface area contributed by atoms with Crippen molar-refractivity contribution in [2.24, 2.45) is 0 Å². The Labute approximate surface area is 117 Å². The predicted molar refractivity (Wildman–Crippen MR) is 72.7 cm³/mol. The number of aliphatic hydroxyl groups excluding tert-OH is 1. The van der Waals surface area contributed by atoms with Crippen LogP contribution in [0.25, 0.3) is 0 Å². The zero-order valence-electron chi connectivity index (χ0n) is 11.9. The van der Waals surface area contributed by atoms with Crippen LogP contribution in [-0.4, -0.2) is 62.9 Å². The first-order chi connectivity index (χ1) is 9.47. The molecule has 0 saturated heterocycles. The first kappa shape index (κ1) is 16.6. The van der Waals surface area contributed by atoms with E-state index in [1.165, 1.54) is 26.4 Å². The smallest absolute Gasteiger partial charge is 0.180 e. The number of ketones is 1. The van der Waals surface area contributed by atoms with Crippen LogP contribution in [0.2, 0.25) is 0 Å². The lowest BCUT2D eigenvalue weighted by Gasteiger charge is -2.19. The van der Waals surface area contributed by atoms with Gasteiger partial charge in [0, 0.05) is 13.7 Å². The van der Waals surface area contributed by atoms with E-state index in [4.69, 9.17) is 9.47 Å². The third kappa shape index (κ3) is 4.88. The Hall–Kier alpha value is -1.50. The summed E-state index contributed by atoms with van der Waals surface area (Å²) >= 11 is 0. The summed E-state index contributed by atoms with van der Waals surface area (Å²) in [5.41, 5.74) is 0.195. The normalized spacial score (nSPS) is 12.5. The fourth-order valence-corrected chi connectivity index (χ4v) is 1.90. The highest BCUT2D eigenvalue weighted by molar-refractivity contribution is 6.00. The van der Waals surface area contributed by atoms with Gasteiger partial charge in [0.25, 0.3) is 0 Å². The summed E-state index contributed by atoms with van der Waals surface area (Å²) < 4.78 is 23.1. The number of rotatable bonds is 8. The van der Waals surface area contributed by atoms with Gasteiger partial charge in [-0.25, -0.2) is 4.39 Å². The van der Waals surface area contributed by atoms with E-state index in [0.717, 1.165) is 6.07 Å². The quantitative estimate of drug-likeness (QED) is 0.721. The van der Waals surface area contributed by atoms with E-state index in [2.05, 4.69) is 0 Å². The Kier molecular flexibility index (Phi) is 6.57. The highest BCUT2D eigenvalue weighted by Gasteiger charge is 2.17. The third-order valence-corrected chi connectivity index (χ3v) is 2.76. The van der Waals surface area contributed by atoms with Gasteiger partial charge in [-0.1, -0.05) is 0 Å². The summed E-state index contributed by atoms with van der Waals surface area (Å²) in [6.45, 7) is 0.541. The molecule has 5 nitrogen and oxygen atoms in total. The lowest BCUT2D eigenvalue weighted by atomic mass is 10.1. The molecule has 0 aliphatic carbocycles. The molecule has 112 valence electrons. The molecule has 0 bridgehead atoms. The minimum absolute atomic E-state index is 0.0561. The molecular formula is C14H20FNO4. The summed E-state index contributed by atoms with van der Waals surface area (Å²) in [6, 6.07) is 3.81. The van der Waals surface area contributed by atoms with Crippen LogP contribution in [0, 0.1) is 5.82 Å². The summed E-state index contributed by atoms with van der Waals surface area (Å²) in [5.74, 6) is -0.424. The van der Waals surface area contributed by atoms with Gasteiger partial charge in [-0.3, -0.25) is 9.69 Å². The van der Waals surface area contributed by atoms with Crippen LogP contribution in [0.1, 0.15) is 10.4 Å². The lowest BCUT2D eigenvalue weighted by molar-refractivity contribution is 0.0427. The molecule has 0 radical (unpaired) electrons. The molecule has 6 heteroatoms. The fraction of sp³-hybridized carbons (Fsp3) is 0.500. The van der Waals surface area contributed by atoms with Gasteiger partial charge in [-0.15, -0.1) is 0 Å². The molecule has 0 aromatic heterocycles. The largest absolute Gasteiger partial charge is 0.496 e. The number of nitrogens with zero attached hydrogens (tertiary/aromatic N) is 1. The summed E-state index contributed by atoms with van der Waals surface area (Å²) in [4.78, 5) is 13.8. The van der Waals surface area contributed by atoms with Crippen molar-refractivity contribution in [1.82, 2.24) is 4.90 Å². The minimum atomic E-state index is -0.674. The maximum atomic E-state index is 13.2. The Balaban J connectivity index is 2.68. The lowest BCUT2D eigenvalue weighted by Crippen LogP contribution is -2.35. The molecule has 1 aromatic rings. The average molecular weight is 285 g/mol. The van der Waals surface area contributed by atoms with Crippen LogP contribution in [-0.2, 0) is 4.74 Å². The molecular weight excluding hydrogens is 265 g/mol. The van der Waals surface area contributed by atoms with Crippen molar-refractivity contribution >= 4 is 5.78 Å². The molecule has 20 heavy (non-hydrogen) atoms. The number of likely N-dealkylation sites (N-methyl/N-ethyl adjacent to an activating group) is 1. The second kappa shape index (κ2) is 7.94. The highest BCUT2D eigenvalue weighted by Crippen LogP contribution is 2.20. The van der Waals surface area contributed by atoms with Gasteiger partial charge in [0.15, 0.2) is 5.78 Å². The molecule has 0 aliphatic heterocycles. The van der Waals surface area contributed by atoms with Crippen molar-refractivity contribution in [3.05, 3.63) is 29.6 Å². The topological polar surface area (TPSA) is 59.0 Å². The number of ether oxygens (including phenoxy) is 2. The van der Waals surface area contributed by atoms with Crippen LogP contribution in [0.15, 0.2) is 18.2 Å². The molecule has 1 unspecified atom stereocenters. The Morgan fingerprint density at radius 3 is 2.75 bits per heavy atom. The first-order valence-electron chi connectivity index (χ1n) is 6.20. The summed E-state index contributed by atoms with van der Waals surface area (Å²) in [6.07, 6.45) is -0.674. The van der Waals surface area contributed by atoms with Crippen molar-refractivity contribution < 1.29 is 23.8 Å². The van der Waals surface area contributed by atoms with E-state index in [0.29, 0.717) is 5.75 Å². The monoisotopic (exact) mass is 285 g/mol. The van der Waals surface area contributed by atoms with E-state index in [-0.39, 0.29) is 31.0 Å². The molecule has 1 atom stereocenters. The van der Waals surface area contributed by atoms with Gasteiger partial charge in [0.05, 0.1) is 31.9 Å². The summed E-state index contributed by atoms with van der Waals surface area (Å²) in [7, 11) is 4.62. The molecule has 0 aliphatic rings. The third-order valence-electron chi connectivity index (χ3n) is 2.76. The molecule has 0 fully saturated rings. The number of carbonyl (C=O) groups excluding carboxylic acids is 1. The maximum absolute atomic E-state index is 13.2. The number of methoxy groups -OCH3 is 2. The SMILES string of the molecule is COCC(O)CN(C)CC(=O)c1cc(F)ccc1OC. The number of Topliss-reactive ketones (excluding diaryl/α,β-unsaturated/α-hetero) is 1. The van der Waals surface area contributed by atoms with Crippen LogP contribution in [0.4, 0.5) is 4.39 Å². The van der Waals surface area contributed by atoms with Gasteiger partial charge < -0.3 is 14.6 Å². The van der Waals surface area contributed by atoms with Gasteiger partial charge in [0.1, 0.15) is 11.6 Å². The molecule has 1 N–H and O–H groups in total. The first-order valence-corrected chi connectivity index (χ1v) is 6.20. The highest BCUT2D eigenvalue weighted by atomic mass is 19.1. The summed E-state index contributed by atoms with van der Waals surface area (Å²) in [5, 5.41) is 9.59. The van der Waals surface area contributed by atoms with E-state index in [9.17, 15) is 14.3 Å². The maximum Gasteiger partial charge on any atom is 0.180 e. The number of hydrogen-bond donors (Lipinski definition) is 1. The zero-order chi connectivity index (χ0) is 15.1. The minimum Gasteiger partial charge on any atom is -0.496 e. The Bertz CT molecular complexity index is 453. The van der Waals surface area contributed by atoms with Crippen molar-refractivity contribution in [3.63, 3.8) is 0 Å². The van der Waals surface area contributed by atoms with Gasteiger partial charge >= 0.3 is 0 Å². The van der Waals surface area contributed by atoms with E-state index >= 15 is 0 Å². The Morgan fingerprint density at radius 2 is 2.15 bits per heavy atom. The second-order valence-electron chi connectivity index (χ2n) is 4.57. The second-order valence-corrected chi connectivity index (χ2v) is 4.57. The number of carbonyl (C=O) groups is 1. The van der Waals surface area contributed by atoms with Crippen molar-refractivity contribution in [3.8, 4) is 5.75 Å². The zero-order valence-corrected chi connectivity index (χ0v) is 11.9. The molecule has 0 spiro atoms. The van der Waals surface area contributed by atoms with Crippen molar-refractivity contribution in [2.75, 3.05) is 41.0 Å². The molecule has 1 rings (SSSR count). The van der Waals surface area contributed by atoms with Crippen LogP contribution < -0.4 is 4.74 Å². The van der Waals surface area contributed by atoms with Gasteiger partial charge in [-0.2, -0.15) is 0 Å². The molecule has 1 aromatic carbocycles. The number of benzene rings is 1. The Morgan fingerprint density at radius 1 is 1.45 bits per heavy atom. The number of aliphatic hydroxyl groups is 1.